The summed E-state index contributed by atoms with van der Waals surface area (Å²) in [5.41, 5.74) is 2.43. The molecule has 3 aromatic rings. The molecule has 0 aliphatic heterocycles. The van der Waals surface area contributed by atoms with E-state index in [0.29, 0.717) is 12.2 Å². The van der Waals surface area contributed by atoms with Crippen LogP contribution >= 0.6 is 0 Å². The van der Waals surface area contributed by atoms with Gasteiger partial charge in [-0.25, -0.2) is 0 Å². The molecule has 0 bridgehead atoms. The Bertz CT molecular complexity index is 808. The molecular weight excluding hydrogens is 292 g/mol. The van der Waals surface area contributed by atoms with Crippen molar-refractivity contribution in [1.29, 1.82) is 0 Å². The molecule has 1 heterocycles. The van der Waals surface area contributed by atoms with E-state index < -0.39 is 5.97 Å². The van der Waals surface area contributed by atoms with Crippen LogP contribution in [0.25, 0.3) is 11.3 Å². The fraction of sp³-hybridized carbons (Fsp3) is 0.111. The van der Waals surface area contributed by atoms with Crippen LogP contribution in [0, 0.1) is 0 Å². The number of carboxylic acids is 1. The quantitative estimate of drug-likeness (QED) is 0.723. The number of rotatable bonds is 5. The Labute approximate surface area is 133 Å². The van der Waals surface area contributed by atoms with Crippen molar-refractivity contribution >= 4 is 5.97 Å². The average molecular weight is 307 g/mol. The number of carbonyl (C=O) groups excluding carboxylic acids is 1. The molecule has 0 aliphatic rings. The van der Waals surface area contributed by atoms with Gasteiger partial charge >= 0.3 is 0 Å². The molecule has 0 saturated heterocycles. The van der Waals surface area contributed by atoms with E-state index in [2.05, 4.69) is 5.10 Å². The number of nitrogens with zero attached hydrogens (tertiary/aromatic N) is 2. The highest BCUT2D eigenvalue weighted by molar-refractivity contribution is 5.85. The number of carboxylic acid groups (broad SMARTS) is 1. The normalized spacial score (nSPS) is 10.5. The third-order valence-corrected chi connectivity index (χ3v) is 3.55. The minimum atomic E-state index is -1.24. The van der Waals surface area contributed by atoms with Crippen LogP contribution in [0.2, 0.25) is 0 Å². The van der Waals surface area contributed by atoms with E-state index in [-0.39, 0.29) is 5.69 Å². The first-order valence-electron chi connectivity index (χ1n) is 7.15. The van der Waals surface area contributed by atoms with Gasteiger partial charge in [-0.05, 0) is 35.9 Å². The van der Waals surface area contributed by atoms with E-state index in [1.807, 2.05) is 54.6 Å². The van der Waals surface area contributed by atoms with Crippen LogP contribution < -0.4 is 9.84 Å². The lowest BCUT2D eigenvalue weighted by atomic mass is 10.1. The van der Waals surface area contributed by atoms with Crippen molar-refractivity contribution in [1.82, 2.24) is 9.78 Å². The summed E-state index contributed by atoms with van der Waals surface area (Å²) in [7, 11) is 1.60. The Kier molecular flexibility index (Phi) is 4.10. The molecule has 0 unspecified atom stereocenters. The smallest absolute Gasteiger partial charge is 0.118 e. The second-order valence-electron chi connectivity index (χ2n) is 5.07. The summed E-state index contributed by atoms with van der Waals surface area (Å²) in [5, 5.41) is 15.8. The van der Waals surface area contributed by atoms with Gasteiger partial charge in [0.05, 0.1) is 31.0 Å². The van der Waals surface area contributed by atoms with Crippen molar-refractivity contribution in [2.45, 2.75) is 6.54 Å². The van der Waals surface area contributed by atoms with Gasteiger partial charge in [-0.2, -0.15) is 5.10 Å². The van der Waals surface area contributed by atoms with Gasteiger partial charge < -0.3 is 14.6 Å². The van der Waals surface area contributed by atoms with Crippen LogP contribution in [0.4, 0.5) is 0 Å². The van der Waals surface area contributed by atoms with Gasteiger partial charge in [0.2, 0.25) is 0 Å². The lowest BCUT2D eigenvalue weighted by molar-refractivity contribution is -0.255. The van der Waals surface area contributed by atoms with Gasteiger partial charge in [-0.1, -0.05) is 30.3 Å². The maximum absolute atomic E-state index is 11.4. The van der Waals surface area contributed by atoms with Gasteiger partial charge in [0, 0.05) is 5.56 Å². The minimum absolute atomic E-state index is 0.0553. The van der Waals surface area contributed by atoms with Crippen LogP contribution in [-0.2, 0) is 6.54 Å². The van der Waals surface area contributed by atoms with Gasteiger partial charge in [-0.15, -0.1) is 0 Å². The topological polar surface area (TPSA) is 67.2 Å². The number of methoxy groups -OCH3 is 1. The van der Waals surface area contributed by atoms with Gasteiger partial charge in [0.15, 0.2) is 0 Å². The van der Waals surface area contributed by atoms with Gasteiger partial charge in [0.1, 0.15) is 5.75 Å². The van der Waals surface area contributed by atoms with Crippen LogP contribution in [0.15, 0.2) is 60.7 Å². The number of benzene rings is 2. The number of hydrogen-bond acceptors (Lipinski definition) is 4. The van der Waals surface area contributed by atoms with E-state index in [0.717, 1.165) is 16.9 Å². The zero-order valence-corrected chi connectivity index (χ0v) is 12.6. The van der Waals surface area contributed by atoms with E-state index in [1.165, 1.54) is 10.7 Å². The molecule has 0 fully saturated rings. The highest BCUT2D eigenvalue weighted by Gasteiger charge is 2.11. The van der Waals surface area contributed by atoms with Crippen molar-refractivity contribution in [3.8, 4) is 17.0 Å². The molecule has 0 N–H and O–H groups in total. The summed E-state index contributed by atoms with van der Waals surface area (Å²) in [4.78, 5) is 11.4. The van der Waals surface area contributed by atoms with Crippen molar-refractivity contribution < 1.29 is 14.6 Å². The molecule has 116 valence electrons. The molecule has 5 nitrogen and oxygen atoms in total. The lowest BCUT2D eigenvalue weighted by Crippen LogP contribution is -2.26. The fourth-order valence-corrected chi connectivity index (χ4v) is 2.36. The van der Waals surface area contributed by atoms with Crippen LogP contribution in [0.3, 0.4) is 0 Å². The van der Waals surface area contributed by atoms with Crippen molar-refractivity contribution in [2.24, 2.45) is 0 Å². The summed E-state index contributed by atoms with van der Waals surface area (Å²) in [5.74, 6) is -0.509. The third kappa shape index (κ3) is 3.23. The van der Waals surface area contributed by atoms with Crippen LogP contribution in [0.5, 0.6) is 5.75 Å². The van der Waals surface area contributed by atoms with E-state index in [1.54, 1.807) is 7.11 Å². The molecule has 0 radical (unpaired) electrons. The van der Waals surface area contributed by atoms with Crippen LogP contribution in [0.1, 0.15) is 16.1 Å². The molecular formula is C18H15N2O3-. The number of carbonyl (C=O) groups is 1. The maximum atomic E-state index is 11.4. The Morgan fingerprint density at radius 3 is 2.43 bits per heavy atom. The van der Waals surface area contributed by atoms with E-state index >= 15 is 0 Å². The summed E-state index contributed by atoms with van der Waals surface area (Å²) < 4.78 is 6.57. The molecule has 3 rings (SSSR count). The first-order valence-corrected chi connectivity index (χ1v) is 7.15. The van der Waals surface area contributed by atoms with Gasteiger partial charge in [0.25, 0.3) is 0 Å². The van der Waals surface area contributed by atoms with Crippen molar-refractivity contribution in [3.05, 3.63) is 71.9 Å². The highest BCUT2D eigenvalue weighted by atomic mass is 16.5. The minimum Gasteiger partial charge on any atom is -0.543 e. The van der Waals surface area contributed by atoms with Crippen molar-refractivity contribution in [3.63, 3.8) is 0 Å². The standard InChI is InChI=1S/C18H16N2O3/c1-23-15-9-7-14(8-10-15)16-11-17(18(21)22)20(19-16)12-13-5-3-2-4-6-13/h2-11H,12H2,1H3,(H,21,22)/p-1. The third-order valence-electron chi connectivity index (χ3n) is 3.55. The Morgan fingerprint density at radius 1 is 1.13 bits per heavy atom. The number of aromatic carboxylic acids is 1. The Hall–Kier alpha value is -3.08. The lowest BCUT2D eigenvalue weighted by Gasteiger charge is -2.07. The molecule has 0 aliphatic carbocycles. The SMILES string of the molecule is COc1ccc(-c2cc(C(=O)[O-])n(Cc3ccccc3)n2)cc1. The molecule has 0 saturated carbocycles. The van der Waals surface area contributed by atoms with E-state index in [9.17, 15) is 9.90 Å². The second-order valence-corrected chi connectivity index (χ2v) is 5.07. The number of hydrogen-bond donors (Lipinski definition) is 0. The Morgan fingerprint density at radius 2 is 1.83 bits per heavy atom. The maximum Gasteiger partial charge on any atom is 0.118 e. The summed E-state index contributed by atoms with van der Waals surface area (Å²) >= 11 is 0. The fourth-order valence-electron chi connectivity index (χ4n) is 2.36. The largest absolute Gasteiger partial charge is 0.543 e. The first-order chi connectivity index (χ1) is 11.2. The zero-order chi connectivity index (χ0) is 16.2. The second kappa shape index (κ2) is 6.36. The summed E-state index contributed by atoms with van der Waals surface area (Å²) in [6, 6.07) is 18.4. The number of aromatic nitrogens is 2. The predicted molar refractivity (Wildman–Crippen MR) is 84.1 cm³/mol. The molecule has 0 atom stereocenters. The Balaban J connectivity index is 1.96. The molecule has 2 aromatic carbocycles. The first kappa shape index (κ1) is 14.8. The molecule has 23 heavy (non-hydrogen) atoms. The molecule has 0 amide bonds. The highest BCUT2D eigenvalue weighted by Crippen LogP contribution is 2.22. The molecule has 1 aromatic heterocycles. The predicted octanol–water partition coefficient (Wildman–Crippen LogP) is 1.97. The molecule has 5 heteroatoms. The average Bonchev–Trinajstić information content (AvgIpc) is 3.00. The molecule has 0 spiro atoms. The van der Waals surface area contributed by atoms with Gasteiger partial charge in [-0.3, -0.25) is 4.68 Å². The van der Waals surface area contributed by atoms with Crippen molar-refractivity contribution in [2.75, 3.05) is 7.11 Å². The summed E-state index contributed by atoms with van der Waals surface area (Å²) in [6.45, 7) is 0.375. The monoisotopic (exact) mass is 307 g/mol. The van der Waals surface area contributed by atoms with Crippen LogP contribution in [-0.4, -0.2) is 22.9 Å². The number of ether oxygens (including phenoxy) is 1. The van der Waals surface area contributed by atoms with E-state index in [4.69, 9.17) is 4.74 Å². The summed E-state index contributed by atoms with van der Waals surface area (Å²) in [6.07, 6.45) is 0. The zero-order valence-electron chi connectivity index (χ0n) is 12.6.